The van der Waals surface area contributed by atoms with Gasteiger partial charge in [0.1, 0.15) is 12.4 Å². The zero-order valence-corrected chi connectivity index (χ0v) is 20.4. The highest BCUT2D eigenvalue weighted by molar-refractivity contribution is 7.92. The molecule has 0 bridgehead atoms. The van der Waals surface area contributed by atoms with E-state index in [0.717, 1.165) is 5.56 Å². The highest BCUT2D eigenvalue weighted by Gasteiger charge is 2.16. The summed E-state index contributed by atoms with van der Waals surface area (Å²) in [7, 11) is -2.27. The molecule has 0 heterocycles. The van der Waals surface area contributed by atoms with Gasteiger partial charge in [0.15, 0.2) is 0 Å². The van der Waals surface area contributed by atoms with Crippen molar-refractivity contribution in [3.05, 3.63) is 90.0 Å². The summed E-state index contributed by atoms with van der Waals surface area (Å²) in [6.45, 7) is 2.36. The Balaban J connectivity index is 1.52. The topological polar surface area (TPSA) is 103 Å². The lowest BCUT2D eigenvalue weighted by molar-refractivity contribution is 0.0688. The molecule has 8 nitrogen and oxygen atoms in total. The Kier molecular flexibility index (Phi) is 10.1. The van der Waals surface area contributed by atoms with Crippen LogP contribution >= 0.6 is 0 Å². The van der Waals surface area contributed by atoms with Gasteiger partial charge in [0, 0.05) is 31.5 Å². The Morgan fingerprint density at radius 1 is 0.886 bits per heavy atom. The molecule has 1 amide bonds. The number of ether oxygens (including phenoxy) is 3. The van der Waals surface area contributed by atoms with Crippen LogP contribution in [0.4, 0.5) is 5.69 Å². The number of hydrogen-bond acceptors (Lipinski definition) is 6. The molecule has 0 aliphatic rings. The van der Waals surface area contributed by atoms with Crippen LogP contribution in [0.25, 0.3) is 0 Å². The van der Waals surface area contributed by atoms with Crippen LogP contribution in [0.5, 0.6) is 5.75 Å². The van der Waals surface area contributed by atoms with Gasteiger partial charge in [-0.1, -0.05) is 36.4 Å². The molecule has 0 radical (unpaired) electrons. The second-order valence-corrected chi connectivity index (χ2v) is 9.33. The zero-order chi connectivity index (χ0) is 24.9. The molecule has 3 aromatic rings. The first kappa shape index (κ1) is 26.2. The van der Waals surface area contributed by atoms with Gasteiger partial charge in [0.25, 0.3) is 15.9 Å². The van der Waals surface area contributed by atoms with Crippen molar-refractivity contribution < 1.29 is 27.4 Å². The molecular weight excluding hydrogens is 468 g/mol. The molecule has 0 unspecified atom stereocenters. The first-order valence-corrected chi connectivity index (χ1v) is 12.7. The van der Waals surface area contributed by atoms with Crippen LogP contribution in [0, 0.1) is 0 Å². The van der Waals surface area contributed by atoms with E-state index in [1.165, 1.54) is 18.2 Å². The Morgan fingerprint density at radius 3 is 2.40 bits per heavy atom. The predicted molar refractivity (Wildman–Crippen MR) is 134 cm³/mol. The van der Waals surface area contributed by atoms with E-state index in [1.807, 2.05) is 30.3 Å². The maximum atomic E-state index is 12.9. The van der Waals surface area contributed by atoms with Crippen molar-refractivity contribution in [2.75, 3.05) is 38.2 Å². The fourth-order valence-electron chi connectivity index (χ4n) is 3.10. The van der Waals surface area contributed by atoms with Gasteiger partial charge in [-0.05, 0) is 54.4 Å². The first-order chi connectivity index (χ1) is 17.0. The van der Waals surface area contributed by atoms with Gasteiger partial charge in [-0.15, -0.1) is 0 Å². The average molecular weight is 499 g/mol. The smallest absolute Gasteiger partial charge is 0.261 e. The SMILES string of the molecule is COCCOCCCNC(=O)c1cccc(S(=O)(=O)Nc2ccc(OCc3ccccc3)cc2)c1. The summed E-state index contributed by atoms with van der Waals surface area (Å²) >= 11 is 0. The standard InChI is InChI=1S/C26H30N2O6S/c1-32-17-18-33-16-6-15-27-26(29)22-9-5-10-25(19-22)35(30,31)28-23-11-13-24(14-12-23)34-20-21-7-3-2-4-8-21/h2-5,7-14,19,28H,6,15-18,20H2,1H3,(H,27,29). The van der Waals surface area contributed by atoms with E-state index < -0.39 is 10.0 Å². The molecule has 0 atom stereocenters. The second-order valence-electron chi connectivity index (χ2n) is 7.65. The average Bonchev–Trinajstić information content (AvgIpc) is 2.88. The van der Waals surface area contributed by atoms with E-state index in [-0.39, 0.29) is 16.4 Å². The molecule has 0 spiro atoms. The Hall–Kier alpha value is -3.40. The molecule has 0 aliphatic heterocycles. The van der Waals surface area contributed by atoms with E-state index in [0.29, 0.717) is 50.8 Å². The minimum atomic E-state index is -3.88. The number of nitrogens with one attached hydrogen (secondary N) is 2. The largest absolute Gasteiger partial charge is 0.489 e. The van der Waals surface area contributed by atoms with Gasteiger partial charge in [-0.3, -0.25) is 9.52 Å². The minimum absolute atomic E-state index is 0.00236. The maximum absolute atomic E-state index is 12.9. The zero-order valence-electron chi connectivity index (χ0n) is 19.6. The van der Waals surface area contributed by atoms with Crippen molar-refractivity contribution >= 4 is 21.6 Å². The van der Waals surface area contributed by atoms with Crippen molar-refractivity contribution in [3.63, 3.8) is 0 Å². The predicted octanol–water partition coefficient (Wildman–Crippen LogP) is 3.85. The first-order valence-electron chi connectivity index (χ1n) is 11.2. The van der Waals surface area contributed by atoms with Gasteiger partial charge in [0.05, 0.1) is 18.1 Å². The molecule has 35 heavy (non-hydrogen) atoms. The molecule has 0 fully saturated rings. The Morgan fingerprint density at radius 2 is 1.66 bits per heavy atom. The van der Waals surface area contributed by atoms with Crippen LogP contribution in [0.2, 0.25) is 0 Å². The molecule has 2 N–H and O–H groups in total. The third kappa shape index (κ3) is 8.71. The van der Waals surface area contributed by atoms with Crippen molar-refractivity contribution in [2.45, 2.75) is 17.9 Å². The van der Waals surface area contributed by atoms with Crippen LogP contribution in [0.3, 0.4) is 0 Å². The van der Waals surface area contributed by atoms with E-state index >= 15 is 0 Å². The third-order valence-corrected chi connectivity index (χ3v) is 6.32. The molecule has 0 saturated carbocycles. The minimum Gasteiger partial charge on any atom is -0.489 e. The molecule has 3 aromatic carbocycles. The van der Waals surface area contributed by atoms with E-state index in [1.54, 1.807) is 37.4 Å². The summed E-state index contributed by atoms with van der Waals surface area (Å²) < 4.78 is 44.2. The number of carbonyl (C=O) groups excluding carboxylic acids is 1. The lowest BCUT2D eigenvalue weighted by Crippen LogP contribution is -2.25. The monoisotopic (exact) mass is 498 g/mol. The molecular formula is C26H30N2O6S. The summed E-state index contributed by atoms with van der Waals surface area (Å²) in [6, 6.07) is 22.3. The van der Waals surface area contributed by atoms with E-state index in [9.17, 15) is 13.2 Å². The maximum Gasteiger partial charge on any atom is 0.261 e. The lowest BCUT2D eigenvalue weighted by atomic mass is 10.2. The van der Waals surface area contributed by atoms with Crippen molar-refractivity contribution in [1.82, 2.24) is 5.32 Å². The van der Waals surface area contributed by atoms with Gasteiger partial charge in [-0.25, -0.2) is 8.42 Å². The molecule has 3 rings (SSSR count). The van der Waals surface area contributed by atoms with Crippen LogP contribution < -0.4 is 14.8 Å². The van der Waals surface area contributed by atoms with Crippen LogP contribution in [-0.4, -0.2) is 47.8 Å². The number of sulfonamides is 1. The summed E-state index contributed by atoms with van der Waals surface area (Å²) in [5.74, 6) is 0.276. The third-order valence-electron chi connectivity index (χ3n) is 4.94. The molecule has 0 aromatic heterocycles. The number of hydrogen-bond donors (Lipinski definition) is 2. The fraction of sp³-hybridized carbons (Fsp3) is 0.269. The number of rotatable bonds is 14. The number of benzene rings is 3. The summed E-state index contributed by atoms with van der Waals surface area (Å²) in [6.07, 6.45) is 0.639. The number of carbonyl (C=O) groups is 1. The lowest BCUT2D eigenvalue weighted by Gasteiger charge is -2.11. The highest BCUT2D eigenvalue weighted by atomic mass is 32.2. The van der Waals surface area contributed by atoms with Crippen molar-refractivity contribution in [1.29, 1.82) is 0 Å². The van der Waals surface area contributed by atoms with Gasteiger partial charge in [-0.2, -0.15) is 0 Å². The number of anilines is 1. The van der Waals surface area contributed by atoms with Gasteiger partial charge in [0.2, 0.25) is 0 Å². The Bertz CT molecular complexity index is 1170. The highest BCUT2D eigenvalue weighted by Crippen LogP contribution is 2.21. The quantitative estimate of drug-likeness (QED) is 0.327. The molecule has 0 saturated heterocycles. The fourth-order valence-corrected chi connectivity index (χ4v) is 4.21. The van der Waals surface area contributed by atoms with E-state index in [4.69, 9.17) is 14.2 Å². The number of amides is 1. The molecule has 0 aliphatic carbocycles. The molecule has 9 heteroatoms. The van der Waals surface area contributed by atoms with Gasteiger partial charge >= 0.3 is 0 Å². The Labute approximate surface area is 206 Å². The van der Waals surface area contributed by atoms with Crippen LogP contribution in [0.1, 0.15) is 22.3 Å². The number of methoxy groups -OCH3 is 1. The molecule has 186 valence electrons. The summed E-state index contributed by atoms with van der Waals surface area (Å²) in [5, 5.41) is 2.77. The summed E-state index contributed by atoms with van der Waals surface area (Å²) in [5.41, 5.74) is 1.69. The van der Waals surface area contributed by atoms with Crippen molar-refractivity contribution in [3.8, 4) is 5.75 Å². The van der Waals surface area contributed by atoms with Crippen LogP contribution in [0.15, 0.2) is 83.8 Å². The normalized spacial score (nSPS) is 11.1. The van der Waals surface area contributed by atoms with Crippen molar-refractivity contribution in [2.24, 2.45) is 0 Å². The van der Waals surface area contributed by atoms with Crippen LogP contribution in [-0.2, 0) is 26.1 Å². The van der Waals surface area contributed by atoms with Gasteiger partial charge < -0.3 is 19.5 Å². The second kappa shape index (κ2) is 13.5. The van der Waals surface area contributed by atoms with E-state index in [2.05, 4.69) is 10.0 Å². The summed E-state index contributed by atoms with van der Waals surface area (Å²) in [4.78, 5) is 12.4.